The number of aromatic nitrogens is 1. The third-order valence-corrected chi connectivity index (χ3v) is 5.12. The summed E-state index contributed by atoms with van der Waals surface area (Å²) < 4.78 is 10.6. The molecular formula is C21H31N5O2. The lowest BCUT2D eigenvalue weighted by Gasteiger charge is -2.36. The molecule has 152 valence electrons. The van der Waals surface area contributed by atoms with Crippen molar-refractivity contribution in [3.05, 3.63) is 46.8 Å². The van der Waals surface area contributed by atoms with Crippen molar-refractivity contribution >= 4 is 5.96 Å². The summed E-state index contributed by atoms with van der Waals surface area (Å²) in [7, 11) is 3.57. The Labute approximate surface area is 167 Å². The molecule has 1 aromatic carbocycles. The number of guanidine groups is 1. The number of ether oxygens (including phenoxy) is 1. The van der Waals surface area contributed by atoms with E-state index in [0.29, 0.717) is 0 Å². The minimum absolute atomic E-state index is 0.840. The van der Waals surface area contributed by atoms with E-state index in [0.717, 1.165) is 74.4 Å². The smallest absolute Gasteiger partial charge is 0.193 e. The van der Waals surface area contributed by atoms with Crippen LogP contribution in [0.2, 0.25) is 0 Å². The number of aryl methyl sites for hydroxylation is 2. The molecule has 0 saturated carbocycles. The van der Waals surface area contributed by atoms with Crippen LogP contribution in [-0.4, -0.2) is 67.8 Å². The second kappa shape index (κ2) is 9.59. The van der Waals surface area contributed by atoms with E-state index in [9.17, 15) is 0 Å². The number of piperazine rings is 1. The van der Waals surface area contributed by atoms with Crippen molar-refractivity contribution in [2.45, 2.75) is 26.8 Å². The van der Waals surface area contributed by atoms with E-state index in [1.165, 1.54) is 5.56 Å². The number of hydrogen-bond acceptors (Lipinski definition) is 5. The highest BCUT2D eigenvalue weighted by atomic mass is 16.5. The highest BCUT2D eigenvalue weighted by molar-refractivity contribution is 5.80. The summed E-state index contributed by atoms with van der Waals surface area (Å²) in [5.41, 5.74) is 3.42. The van der Waals surface area contributed by atoms with Crippen molar-refractivity contribution in [1.29, 1.82) is 0 Å². The number of nitrogens with zero attached hydrogens (tertiary/aromatic N) is 4. The molecule has 0 radical (unpaired) electrons. The van der Waals surface area contributed by atoms with Gasteiger partial charge in [0.2, 0.25) is 0 Å². The lowest BCUT2D eigenvalue weighted by molar-refractivity contribution is 0.169. The predicted octanol–water partition coefficient (Wildman–Crippen LogP) is 2.24. The fourth-order valence-electron chi connectivity index (χ4n) is 3.51. The van der Waals surface area contributed by atoms with Crippen LogP contribution >= 0.6 is 0 Å². The number of methoxy groups -OCH3 is 1. The fourth-order valence-corrected chi connectivity index (χ4v) is 3.51. The van der Waals surface area contributed by atoms with Gasteiger partial charge in [0.1, 0.15) is 11.5 Å². The van der Waals surface area contributed by atoms with E-state index in [2.05, 4.69) is 50.4 Å². The van der Waals surface area contributed by atoms with Crippen molar-refractivity contribution < 1.29 is 9.26 Å². The van der Waals surface area contributed by atoms with Crippen LogP contribution in [0.15, 0.2) is 33.8 Å². The highest BCUT2D eigenvalue weighted by Crippen LogP contribution is 2.19. The average molecular weight is 386 g/mol. The molecule has 1 N–H and O–H groups in total. The van der Waals surface area contributed by atoms with Gasteiger partial charge in [-0.05, 0) is 37.5 Å². The molecule has 1 aliphatic heterocycles. The molecule has 2 aromatic rings. The summed E-state index contributed by atoms with van der Waals surface area (Å²) >= 11 is 0. The van der Waals surface area contributed by atoms with Crippen molar-refractivity contribution in [2.75, 3.05) is 46.9 Å². The molecule has 1 saturated heterocycles. The first kappa shape index (κ1) is 20.2. The molecule has 0 aliphatic carbocycles. The molecule has 3 rings (SSSR count). The van der Waals surface area contributed by atoms with E-state index < -0.39 is 0 Å². The van der Waals surface area contributed by atoms with Crippen molar-refractivity contribution in [2.24, 2.45) is 4.99 Å². The van der Waals surface area contributed by atoms with Crippen LogP contribution in [0.5, 0.6) is 5.75 Å². The number of benzene rings is 1. The lowest BCUT2D eigenvalue weighted by Crippen LogP contribution is -2.52. The number of hydrogen-bond donors (Lipinski definition) is 1. The molecule has 1 fully saturated rings. The van der Waals surface area contributed by atoms with E-state index >= 15 is 0 Å². The monoisotopic (exact) mass is 385 g/mol. The van der Waals surface area contributed by atoms with Crippen LogP contribution in [0.25, 0.3) is 0 Å². The van der Waals surface area contributed by atoms with E-state index in [1.807, 2.05) is 20.0 Å². The Hall–Kier alpha value is -2.54. The zero-order valence-corrected chi connectivity index (χ0v) is 17.4. The first-order valence-corrected chi connectivity index (χ1v) is 9.82. The Kier molecular flexibility index (Phi) is 6.92. The van der Waals surface area contributed by atoms with E-state index in [1.54, 1.807) is 7.11 Å². The molecule has 7 nitrogen and oxygen atoms in total. The van der Waals surface area contributed by atoms with Gasteiger partial charge in [0.25, 0.3) is 0 Å². The average Bonchev–Trinajstić information content (AvgIpc) is 3.12. The molecule has 7 heteroatoms. The van der Waals surface area contributed by atoms with Crippen LogP contribution in [0, 0.1) is 13.8 Å². The highest BCUT2D eigenvalue weighted by Gasteiger charge is 2.20. The van der Waals surface area contributed by atoms with E-state index in [-0.39, 0.29) is 0 Å². The van der Waals surface area contributed by atoms with Gasteiger partial charge < -0.3 is 19.5 Å². The maximum absolute atomic E-state index is 5.42. The topological polar surface area (TPSA) is 66.1 Å². The largest absolute Gasteiger partial charge is 0.496 e. The molecule has 1 aliphatic rings. The molecule has 0 spiro atoms. The molecule has 0 amide bonds. The van der Waals surface area contributed by atoms with Gasteiger partial charge >= 0.3 is 0 Å². The molecule has 0 atom stereocenters. The Morgan fingerprint density at radius 2 is 2.00 bits per heavy atom. The summed E-state index contributed by atoms with van der Waals surface area (Å²) in [5.74, 6) is 2.78. The van der Waals surface area contributed by atoms with Gasteiger partial charge in [-0.15, -0.1) is 0 Å². The van der Waals surface area contributed by atoms with Gasteiger partial charge in [0.05, 0.1) is 12.8 Å². The third-order valence-electron chi connectivity index (χ3n) is 5.12. The van der Waals surface area contributed by atoms with Gasteiger partial charge in [-0.25, -0.2) is 0 Å². The maximum atomic E-state index is 5.42. The first-order valence-electron chi connectivity index (χ1n) is 9.82. The Balaban J connectivity index is 1.44. The van der Waals surface area contributed by atoms with Gasteiger partial charge in [-0.1, -0.05) is 17.3 Å². The third kappa shape index (κ3) is 5.25. The molecule has 28 heavy (non-hydrogen) atoms. The Morgan fingerprint density at radius 3 is 2.64 bits per heavy atom. The second-order valence-electron chi connectivity index (χ2n) is 7.22. The summed E-state index contributed by atoms with van der Waals surface area (Å²) in [6.07, 6.45) is 0.932. The fraction of sp³-hybridized carbons (Fsp3) is 0.524. The molecule has 0 unspecified atom stereocenters. The van der Waals surface area contributed by atoms with Crippen LogP contribution in [0.4, 0.5) is 0 Å². The van der Waals surface area contributed by atoms with Crippen molar-refractivity contribution in [1.82, 2.24) is 20.3 Å². The standard InChI is InChI=1S/C21H31N5O2/c1-16-5-6-18(14-20(16)27-4)7-8-23-21(22-3)26-11-9-25(10-12-26)15-19-13-17(2)28-24-19/h5-6,13-14H,7-12,15H2,1-4H3,(H,22,23). The van der Waals surface area contributed by atoms with Crippen molar-refractivity contribution in [3.63, 3.8) is 0 Å². The van der Waals surface area contributed by atoms with E-state index in [4.69, 9.17) is 9.26 Å². The number of aliphatic imine (C=N–C) groups is 1. The van der Waals surface area contributed by atoms with Crippen molar-refractivity contribution in [3.8, 4) is 5.75 Å². The van der Waals surface area contributed by atoms with Crippen LogP contribution in [0.1, 0.15) is 22.6 Å². The molecular weight excluding hydrogens is 354 g/mol. The number of rotatable bonds is 6. The summed E-state index contributed by atoms with van der Waals surface area (Å²) in [6.45, 7) is 9.56. The van der Waals surface area contributed by atoms with Gasteiger partial charge in [0, 0.05) is 52.4 Å². The van der Waals surface area contributed by atoms with Crippen LogP contribution < -0.4 is 10.1 Å². The molecule has 0 bridgehead atoms. The molecule has 1 aromatic heterocycles. The first-order chi connectivity index (χ1) is 13.6. The quantitative estimate of drug-likeness (QED) is 0.608. The number of nitrogens with one attached hydrogen (secondary N) is 1. The summed E-state index contributed by atoms with van der Waals surface area (Å²) in [6, 6.07) is 8.39. The van der Waals surface area contributed by atoms with Crippen LogP contribution in [0.3, 0.4) is 0 Å². The van der Waals surface area contributed by atoms with Crippen LogP contribution in [-0.2, 0) is 13.0 Å². The normalized spacial score (nSPS) is 15.7. The summed E-state index contributed by atoms with van der Waals surface area (Å²) in [5, 5.41) is 7.59. The zero-order valence-electron chi connectivity index (χ0n) is 17.4. The Bertz CT molecular complexity index is 794. The predicted molar refractivity (Wildman–Crippen MR) is 111 cm³/mol. The maximum Gasteiger partial charge on any atom is 0.193 e. The van der Waals surface area contributed by atoms with Gasteiger partial charge in [-0.3, -0.25) is 9.89 Å². The van der Waals surface area contributed by atoms with Gasteiger partial charge in [-0.2, -0.15) is 0 Å². The minimum atomic E-state index is 0.840. The lowest BCUT2D eigenvalue weighted by atomic mass is 10.1. The summed E-state index contributed by atoms with van der Waals surface area (Å²) in [4.78, 5) is 9.19. The second-order valence-corrected chi connectivity index (χ2v) is 7.22. The molecule has 2 heterocycles. The SMILES string of the molecule is CN=C(NCCc1ccc(C)c(OC)c1)N1CCN(Cc2cc(C)on2)CC1. The minimum Gasteiger partial charge on any atom is -0.496 e. The van der Waals surface area contributed by atoms with Gasteiger partial charge in [0.15, 0.2) is 5.96 Å². The Morgan fingerprint density at radius 1 is 1.21 bits per heavy atom. The zero-order chi connectivity index (χ0) is 19.9.